The molecule has 1 spiro atoms. The molecule has 3 aliphatic heterocycles. The lowest BCUT2D eigenvalue weighted by atomic mass is 9.70. The largest absolute Gasteiger partial charge is 0.457 e. The van der Waals surface area contributed by atoms with Gasteiger partial charge in [-0.25, -0.2) is 0 Å². The summed E-state index contributed by atoms with van der Waals surface area (Å²) < 4.78 is 12.5. The van der Waals surface area contributed by atoms with Crippen LogP contribution in [0.15, 0.2) is 54.6 Å². The van der Waals surface area contributed by atoms with Crippen molar-refractivity contribution in [2.45, 2.75) is 82.6 Å². The minimum Gasteiger partial charge on any atom is -0.457 e. The number of carbonyl (C=O) groups excluding carboxylic acids is 3. The van der Waals surface area contributed by atoms with Crippen molar-refractivity contribution in [3.05, 3.63) is 54.6 Å². The predicted octanol–water partition coefficient (Wildman–Crippen LogP) is 4.58. The van der Waals surface area contributed by atoms with Crippen LogP contribution in [-0.2, 0) is 19.1 Å². The number of ether oxygens (including phenoxy) is 2. The van der Waals surface area contributed by atoms with Gasteiger partial charge in [0.25, 0.3) is 0 Å². The number of likely N-dealkylation sites (N-methyl/N-ethyl adjacent to an activating group) is 1. The van der Waals surface area contributed by atoms with Crippen LogP contribution in [0, 0.1) is 11.8 Å². The molecule has 5 unspecified atom stereocenters. The SMILES string of the molecule is CCN(CC)CCN1C(=O)C2C(C(=O)Nc3ccc(Oc4ccccc4)cc3)C3CCC2(O3)C1C(=O)NC1CCCCC1. The van der Waals surface area contributed by atoms with E-state index in [4.69, 9.17) is 9.47 Å². The zero-order chi connectivity index (χ0) is 30.0. The summed E-state index contributed by atoms with van der Waals surface area (Å²) in [5.74, 6) is -0.429. The molecule has 5 atom stereocenters. The average Bonchev–Trinajstić information content (AvgIpc) is 3.67. The van der Waals surface area contributed by atoms with Crippen molar-refractivity contribution in [2.75, 3.05) is 31.5 Å². The summed E-state index contributed by atoms with van der Waals surface area (Å²) in [6.07, 6.45) is 6.21. The van der Waals surface area contributed by atoms with Gasteiger partial charge in [0.15, 0.2) is 0 Å². The molecule has 9 nitrogen and oxygen atoms in total. The maximum absolute atomic E-state index is 14.2. The highest BCUT2D eigenvalue weighted by Crippen LogP contribution is 2.58. The summed E-state index contributed by atoms with van der Waals surface area (Å²) in [5.41, 5.74) is -0.350. The van der Waals surface area contributed by atoms with Gasteiger partial charge in [0.1, 0.15) is 23.1 Å². The minimum absolute atomic E-state index is 0.127. The highest BCUT2D eigenvalue weighted by molar-refractivity contribution is 6.02. The van der Waals surface area contributed by atoms with Crippen molar-refractivity contribution in [2.24, 2.45) is 11.8 Å². The lowest BCUT2D eigenvalue weighted by Gasteiger charge is -2.35. The van der Waals surface area contributed by atoms with E-state index in [1.54, 1.807) is 17.0 Å². The van der Waals surface area contributed by atoms with Crippen LogP contribution in [0.1, 0.15) is 58.8 Å². The number of fused-ring (bicyclic) bond motifs is 1. The lowest BCUT2D eigenvalue weighted by Crippen LogP contribution is -2.57. The molecule has 2 aromatic rings. The van der Waals surface area contributed by atoms with Crippen LogP contribution in [-0.4, -0.2) is 77.5 Å². The summed E-state index contributed by atoms with van der Waals surface area (Å²) in [5, 5.41) is 6.31. The van der Waals surface area contributed by atoms with Crippen LogP contribution in [0.5, 0.6) is 11.5 Å². The van der Waals surface area contributed by atoms with Gasteiger partial charge in [0.05, 0.1) is 17.9 Å². The zero-order valence-corrected chi connectivity index (χ0v) is 25.3. The second-order valence-corrected chi connectivity index (χ2v) is 12.4. The van der Waals surface area contributed by atoms with E-state index in [2.05, 4.69) is 29.4 Å². The van der Waals surface area contributed by atoms with E-state index in [0.29, 0.717) is 37.4 Å². The molecule has 3 saturated heterocycles. The van der Waals surface area contributed by atoms with Crippen LogP contribution in [0.3, 0.4) is 0 Å². The first kappa shape index (κ1) is 29.6. The Bertz CT molecular complexity index is 1290. The number of nitrogens with one attached hydrogen (secondary N) is 2. The molecule has 9 heteroatoms. The van der Waals surface area contributed by atoms with Gasteiger partial charge in [-0.1, -0.05) is 51.3 Å². The standard InChI is InChI=1S/C34H44N4O5/c1-3-37(4-2)21-22-38-30(32(40)36-23-11-7-5-8-12-23)34-20-19-27(43-34)28(29(34)33(38)41)31(39)35-24-15-17-26(18-16-24)42-25-13-9-6-10-14-25/h6,9-10,13-18,23,27-30H,3-5,7-8,11-12,19-22H2,1-2H3,(H,35,39)(H,36,40). The van der Waals surface area contributed by atoms with E-state index in [9.17, 15) is 14.4 Å². The number of rotatable bonds is 11. The molecule has 1 saturated carbocycles. The highest BCUT2D eigenvalue weighted by atomic mass is 16.5. The number of carbonyl (C=O) groups is 3. The first-order chi connectivity index (χ1) is 20.9. The van der Waals surface area contributed by atoms with Gasteiger partial charge in [-0.05, 0) is 75.2 Å². The normalized spacial score (nSPS) is 28.3. The first-order valence-electron chi connectivity index (χ1n) is 16.1. The molecule has 4 fully saturated rings. The quantitative estimate of drug-likeness (QED) is 0.399. The van der Waals surface area contributed by atoms with Gasteiger partial charge in [-0.15, -0.1) is 0 Å². The Balaban J connectivity index is 1.20. The highest BCUT2D eigenvalue weighted by Gasteiger charge is 2.74. The Morgan fingerprint density at radius 2 is 1.65 bits per heavy atom. The number of nitrogens with zero attached hydrogens (tertiary/aromatic N) is 2. The number of likely N-dealkylation sites (tertiary alicyclic amines) is 1. The second kappa shape index (κ2) is 12.7. The monoisotopic (exact) mass is 588 g/mol. The molecule has 3 amide bonds. The molecule has 43 heavy (non-hydrogen) atoms. The van der Waals surface area contributed by atoms with Crippen LogP contribution < -0.4 is 15.4 Å². The Kier molecular flexibility index (Phi) is 8.73. The second-order valence-electron chi connectivity index (χ2n) is 12.4. The molecule has 2 aromatic carbocycles. The molecule has 2 N–H and O–H groups in total. The van der Waals surface area contributed by atoms with Crippen LogP contribution >= 0.6 is 0 Å². The molecule has 2 bridgehead atoms. The molecule has 0 aromatic heterocycles. The molecule has 6 rings (SSSR count). The molecular weight excluding hydrogens is 544 g/mol. The van der Waals surface area contributed by atoms with Crippen molar-refractivity contribution >= 4 is 23.4 Å². The van der Waals surface area contributed by atoms with Crippen molar-refractivity contribution in [3.63, 3.8) is 0 Å². The van der Waals surface area contributed by atoms with Crippen LogP contribution in [0.25, 0.3) is 0 Å². The third-order valence-corrected chi connectivity index (χ3v) is 9.96. The number of para-hydroxylation sites is 1. The maximum atomic E-state index is 14.2. The first-order valence-corrected chi connectivity index (χ1v) is 16.1. The van der Waals surface area contributed by atoms with Crippen molar-refractivity contribution in [1.29, 1.82) is 0 Å². The summed E-state index contributed by atoms with van der Waals surface area (Å²) >= 11 is 0. The van der Waals surface area contributed by atoms with Gasteiger partial charge < -0.3 is 29.9 Å². The number of amides is 3. The maximum Gasteiger partial charge on any atom is 0.246 e. The van der Waals surface area contributed by atoms with Crippen molar-refractivity contribution in [3.8, 4) is 11.5 Å². The Morgan fingerprint density at radius 1 is 0.953 bits per heavy atom. The van der Waals surface area contributed by atoms with Gasteiger partial charge in [-0.2, -0.15) is 0 Å². The fourth-order valence-corrected chi connectivity index (χ4v) is 7.77. The van der Waals surface area contributed by atoms with Crippen LogP contribution in [0.4, 0.5) is 5.69 Å². The third-order valence-electron chi connectivity index (χ3n) is 9.96. The van der Waals surface area contributed by atoms with Crippen molar-refractivity contribution in [1.82, 2.24) is 15.1 Å². The van der Waals surface area contributed by atoms with E-state index in [0.717, 1.165) is 44.5 Å². The van der Waals surface area contributed by atoms with E-state index in [-0.39, 0.29) is 29.9 Å². The number of benzene rings is 2. The average molecular weight is 589 g/mol. The topological polar surface area (TPSA) is 100 Å². The zero-order valence-electron chi connectivity index (χ0n) is 25.3. The molecule has 230 valence electrons. The molecule has 0 radical (unpaired) electrons. The Hall–Kier alpha value is -3.43. The number of hydrogen-bond acceptors (Lipinski definition) is 6. The fourth-order valence-electron chi connectivity index (χ4n) is 7.77. The Morgan fingerprint density at radius 3 is 2.35 bits per heavy atom. The molecule has 1 aliphatic carbocycles. The van der Waals surface area contributed by atoms with E-state index in [1.165, 1.54) is 6.42 Å². The minimum atomic E-state index is -0.973. The molecule has 3 heterocycles. The van der Waals surface area contributed by atoms with E-state index < -0.39 is 23.5 Å². The lowest BCUT2D eigenvalue weighted by molar-refractivity contribution is -0.142. The Labute approximate surface area is 254 Å². The summed E-state index contributed by atoms with van der Waals surface area (Å²) in [4.78, 5) is 46.0. The number of anilines is 1. The van der Waals surface area contributed by atoms with E-state index >= 15 is 0 Å². The van der Waals surface area contributed by atoms with Gasteiger partial charge >= 0.3 is 0 Å². The fraction of sp³-hybridized carbons (Fsp3) is 0.559. The van der Waals surface area contributed by atoms with Gasteiger partial charge in [0, 0.05) is 24.8 Å². The summed E-state index contributed by atoms with van der Waals surface area (Å²) in [6.45, 7) is 7.04. The predicted molar refractivity (Wildman–Crippen MR) is 164 cm³/mol. The molecular formula is C34H44N4O5. The van der Waals surface area contributed by atoms with E-state index in [1.807, 2.05) is 42.5 Å². The van der Waals surface area contributed by atoms with Crippen molar-refractivity contribution < 1.29 is 23.9 Å². The number of hydrogen-bond donors (Lipinski definition) is 2. The van der Waals surface area contributed by atoms with Gasteiger partial charge in [-0.3, -0.25) is 14.4 Å². The third kappa shape index (κ3) is 5.77. The van der Waals surface area contributed by atoms with Gasteiger partial charge in [0.2, 0.25) is 17.7 Å². The summed E-state index contributed by atoms with van der Waals surface area (Å²) in [6, 6.07) is 16.1. The molecule has 4 aliphatic rings. The van der Waals surface area contributed by atoms with Crippen LogP contribution in [0.2, 0.25) is 0 Å². The summed E-state index contributed by atoms with van der Waals surface area (Å²) in [7, 11) is 0. The smallest absolute Gasteiger partial charge is 0.246 e.